The molecule has 1 aromatic heterocycles. The third kappa shape index (κ3) is 4.65. The fraction of sp³-hybridized carbons (Fsp3) is 0.208. The van der Waals surface area contributed by atoms with Crippen LogP contribution in [0.5, 0.6) is 0 Å². The molecule has 0 atom stereocenters. The van der Waals surface area contributed by atoms with Crippen LogP contribution in [0.25, 0.3) is 10.9 Å². The number of aromatic nitrogens is 2. The maximum absolute atomic E-state index is 12.5. The SMILES string of the molecule is C#Cc1cccc(Nc2ncnc3ccc(NC(=O)C=C4CCN(C)CC4)cc23)c1. The predicted octanol–water partition coefficient (Wildman–Crippen LogP) is 3.95. The lowest BCUT2D eigenvalue weighted by Crippen LogP contribution is -2.26. The van der Waals surface area contributed by atoms with Crippen LogP contribution in [0.2, 0.25) is 0 Å². The lowest BCUT2D eigenvalue weighted by Gasteiger charge is -2.23. The maximum atomic E-state index is 12.5. The summed E-state index contributed by atoms with van der Waals surface area (Å²) in [5, 5.41) is 7.07. The van der Waals surface area contributed by atoms with Gasteiger partial charge in [-0.2, -0.15) is 0 Å². The molecule has 0 radical (unpaired) electrons. The van der Waals surface area contributed by atoms with Crippen molar-refractivity contribution >= 4 is 34.0 Å². The van der Waals surface area contributed by atoms with E-state index >= 15 is 0 Å². The Morgan fingerprint density at radius 3 is 2.77 bits per heavy atom. The van der Waals surface area contributed by atoms with Crippen molar-refractivity contribution in [3.8, 4) is 12.3 Å². The minimum atomic E-state index is -0.109. The molecule has 1 amide bonds. The summed E-state index contributed by atoms with van der Waals surface area (Å²) >= 11 is 0. The largest absolute Gasteiger partial charge is 0.340 e. The van der Waals surface area contributed by atoms with E-state index in [0.717, 1.165) is 48.1 Å². The minimum Gasteiger partial charge on any atom is -0.340 e. The summed E-state index contributed by atoms with van der Waals surface area (Å²) in [4.78, 5) is 23.4. The summed E-state index contributed by atoms with van der Waals surface area (Å²) in [5.74, 6) is 3.17. The van der Waals surface area contributed by atoms with Crippen molar-refractivity contribution in [1.29, 1.82) is 0 Å². The van der Waals surface area contributed by atoms with E-state index in [-0.39, 0.29) is 5.91 Å². The minimum absolute atomic E-state index is 0.109. The molecule has 4 rings (SSSR count). The highest BCUT2D eigenvalue weighted by Crippen LogP contribution is 2.26. The van der Waals surface area contributed by atoms with Gasteiger partial charge in [0.05, 0.1) is 5.52 Å². The molecule has 1 saturated heterocycles. The second kappa shape index (κ2) is 8.76. The van der Waals surface area contributed by atoms with Gasteiger partial charge < -0.3 is 15.5 Å². The zero-order valence-corrected chi connectivity index (χ0v) is 16.9. The van der Waals surface area contributed by atoms with Gasteiger partial charge in [0, 0.05) is 41.5 Å². The number of benzene rings is 2. The number of piperidine rings is 1. The quantitative estimate of drug-likeness (QED) is 0.515. The number of carbonyl (C=O) groups is 1. The van der Waals surface area contributed by atoms with Crippen LogP contribution in [-0.2, 0) is 4.79 Å². The lowest BCUT2D eigenvalue weighted by atomic mass is 10.0. The van der Waals surface area contributed by atoms with Crippen LogP contribution in [0.3, 0.4) is 0 Å². The number of amides is 1. The fourth-order valence-electron chi connectivity index (χ4n) is 3.47. The molecule has 2 heterocycles. The van der Waals surface area contributed by atoms with Crippen molar-refractivity contribution in [2.24, 2.45) is 0 Å². The zero-order chi connectivity index (χ0) is 20.9. The van der Waals surface area contributed by atoms with E-state index in [2.05, 4.69) is 38.5 Å². The van der Waals surface area contributed by atoms with Crippen molar-refractivity contribution in [2.45, 2.75) is 12.8 Å². The van der Waals surface area contributed by atoms with E-state index in [1.54, 1.807) is 6.08 Å². The van der Waals surface area contributed by atoms with Gasteiger partial charge in [0.2, 0.25) is 5.91 Å². The second-order valence-corrected chi connectivity index (χ2v) is 7.40. The van der Waals surface area contributed by atoms with Gasteiger partial charge in [0.25, 0.3) is 0 Å². The summed E-state index contributed by atoms with van der Waals surface area (Å²) in [7, 11) is 2.10. The summed E-state index contributed by atoms with van der Waals surface area (Å²) in [6, 6.07) is 13.2. The number of nitrogens with zero attached hydrogens (tertiary/aromatic N) is 3. The molecule has 0 bridgehead atoms. The Morgan fingerprint density at radius 1 is 1.13 bits per heavy atom. The van der Waals surface area contributed by atoms with E-state index in [9.17, 15) is 4.79 Å². The van der Waals surface area contributed by atoms with Gasteiger partial charge in [-0.1, -0.05) is 17.6 Å². The molecule has 0 saturated carbocycles. The van der Waals surface area contributed by atoms with E-state index in [0.29, 0.717) is 11.5 Å². The number of anilines is 3. The van der Waals surface area contributed by atoms with Crippen molar-refractivity contribution < 1.29 is 4.79 Å². The molecule has 3 aromatic rings. The van der Waals surface area contributed by atoms with E-state index in [1.165, 1.54) is 11.9 Å². The van der Waals surface area contributed by atoms with Crippen LogP contribution in [0.15, 0.2) is 60.4 Å². The average Bonchev–Trinajstić information content (AvgIpc) is 2.76. The highest BCUT2D eigenvalue weighted by atomic mass is 16.1. The topological polar surface area (TPSA) is 70.1 Å². The molecule has 0 spiro atoms. The van der Waals surface area contributed by atoms with Crippen LogP contribution in [0.4, 0.5) is 17.2 Å². The molecule has 1 fully saturated rings. The lowest BCUT2D eigenvalue weighted by molar-refractivity contribution is -0.112. The van der Waals surface area contributed by atoms with Crippen LogP contribution in [0.1, 0.15) is 18.4 Å². The van der Waals surface area contributed by atoms with E-state index < -0.39 is 0 Å². The van der Waals surface area contributed by atoms with Crippen LogP contribution in [0, 0.1) is 12.3 Å². The number of nitrogens with one attached hydrogen (secondary N) is 2. The fourth-order valence-corrected chi connectivity index (χ4v) is 3.47. The molecular weight excluding hydrogens is 374 g/mol. The third-order valence-corrected chi connectivity index (χ3v) is 5.16. The Balaban J connectivity index is 1.56. The molecule has 0 unspecified atom stereocenters. The number of hydrogen-bond donors (Lipinski definition) is 2. The van der Waals surface area contributed by atoms with E-state index in [4.69, 9.17) is 6.42 Å². The number of terminal acetylenes is 1. The average molecular weight is 397 g/mol. The normalized spacial score (nSPS) is 14.2. The highest BCUT2D eigenvalue weighted by Gasteiger charge is 2.12. The first-order valence-electron chi connectivity index (χ1n) is 9.88. The first-order valence-corrected chi connectivity index (χ1v) is 9.88. The standard InChI is InChI=1S/C24H23N5O/c1-3-17-5-4-6-19(13-17)28-24-21-15-20(7-8-22(21)25-16-26-24)27-23(30)14-18-9-11-29(2)12-10-18/h1,4-8,13-16H,9-12H2,2H3,(H,27,30)(H,25,26,28). The molecule has 150 valence electrons. The maximum Gasteiger partial charge on any atom is 0.248 e. The summed E-state index contributed by atoms with van der Waals surface area (Å²) < 4.78 is 0. The number of hydrogen-bond acceptors (Lipinski definition) is 5. The van der Waals surface area contributed by atoms with Crippen molar-refractivity contribution in [3.05, 3.63) is 66.0 Å². The third-order valence-electron chi connectivity index (χ3n) is 5.16. The van der Waals surface area contributed by atoms with Crippen LogP contribution >= 0.6 is 0 Å². The Labute approximate surface area is 176 Å². The highest BCUT2D eigenvalue weighted by molar-refractivity contribution is 6.02. The zero-order valence-electron chi connectivity index (χ0n) is 16.9. The Hall–Kier alpha value is -3.69. The molecule has 0 aliphatic carbocycles. The van der Waals surface area contributed by atoms with Gasteiger partial charge in [-0.15, -0.1) is 6.42 Å². The van der Waals surface area contributed by atoms with Gasteiger partial charge in [0.1, 0.15) is 12.1 Å². The molecule has 30 heavy (non-hydrogen) atoms. The molecule has 1 aliphatic heterocycles. The molecule has 6 nitrogen and oxygen atoms in total. The Morgan fingerprint density at radius 2 is 1.97 bits per heavy atom. The van der Waals surface area contributed by atoms with Crippen molar-refractivity contribution in [3.63, 3.8) is 0 Å². The van der Waals surface area contributed by atoms with Gasteiger partial charge in [-0.3, -0.25) is 4.79 Å². The van der Waals surface area contributed by atoms with Gasteiger partial charge in [0.15, 0.2) is 0 Å². The second-order valence-electron chi connectivity index (χ2n) is 7.40. The van der Waals surface area contributed by atoms with E-state index in [1.807, 2.05) is 42.5 Å². The van der Waals surface area contributed by atoms with Crippen LogP contribution in [-0.4, -0.2) is 40.9 Å². The number of fused-ring (bicyclic) bond motifs is 1. The molecule has 2 aromatic carbocycles. The summed E-state index contributed by atoms with van der Waals surface area (Å²) in [6.07, 6.45) is 10.6. The monoisotopic (exact) mass is 397 g/mol. The smallest absolute Gasteiger partial charge is 0.248 e. The summed E-state index contributed by atoms with van der Waals surface area (Å²) in [6.45, 7) is 1.98. The van der Waals surface area contributed by atoms with Gasteiger partial charge >= 0.3 is 0 Å². The van der Waals surface area contributed by atoms with Gasteiger partial charge in [-0.05, 0) is 56.3 Å². The van der Waals surface area contributed by atoms with Crippen LogP contribution < -0.4 is 10.6 Å². The molecule has 2 N–H and O–H groups in total. The predicted molar refractivity (Wildman–Crippen MR) is 121 cm³/mol. The first-order chi connectivity index (χ1) is 14.6. The molecular formula is C24H23N5O. The van der Waals surface area contributed by atoms with Crippen molar-refractivity contribution in [1.82, 2.24) is 14.9 Å². The number of likely N-dealkylation sites (tertiary alicyclic amines) is 1. The van der Waals surface area contributed by atoms with Gasteiger partial charge in [-0.25, -0.2) is 9.97 Å². The summed E-state index contributed by atoms with van der Waals surface area (Å²) in [5.41, 5.74) is 4.30. The molecule has 1 aliphatic rings. The number of carbonyl (C=O) groups excluding carboxylic acids is 1. The van der Waals surface area contributed by atoms with Crippen molar-refractivity contribution in [2.75, 3.05) is 30.8 Å². The number of rotatable bonds is 4. The Kier molecular flexibility index (Phi) is 5.73. The Bertz CT molecular complexity index is 1150. The first kappa shape index (κ1) is 19.6. The molecule has 6 heteroatoms.